The molecule has 1 saturated heterocycles. The van der Waals surface area contributed by atoms with E-state index in [1.165, 1.54) is 0 Å². The van der Waals surface area contributed by atoms with Crippen molar-refractivity contribution in [1.29, 1.82) is 0 Å². The molecule has 3 atom stereocenters. The van der Waals surface area contributed by atoms with Gasteiger partial charge in [-0.2, -0.15) is 0 Å². The number of aliphatic hydroxyl groups is 3. The Bertz CT molecular complexity index is 196. The summed E-state index contributed by atoms with van der Waals surface area (Å²) in [6.07, 6.45) is -2.63. The Labute approximate surface area is 68.6 Å². The third-order valence-electron chi connectivity index (χ3n) is 2.01. The van der Waals surface area contributed by atoms with Crippen LogP contribution in [-0.4, -0.2) is 52.2 Å². The lowest BCUT2D eigenvalue weighted by molar-refractivity contribution is -0.153. The fourth-order valence-electron chi connectivity index (χ4n) is 1.16. The van der Waals surface area contributed by atoms with Crippen LogP contribution in [-0.2, 0) is 9.53 Å². The summed E-state index contributed by atoms with van der Waals surface area (Å²) in [5.41, 5.74) is 3.07. The summed E-state index contributed by atoms with van der Waals surface area (Å²) in [5.74, 6) is -0.978. The summed E-state index contributed by atoms with van der Waals surface area (Å²) in [5, 5.41) is 27.0. The number of carbonyl (C=O) groups excluding carboxylic acids is 1. The first-order chi connectivity index (χ1) is 5.54. The first-order valence-electron chi connectivity index (χ1n) is 3.45. The van der Waals surface area contributed by atoms with Crippen LogP contribution < -0.4 is 5.73 Å². The summed E-state index contributed by atoms with van der Waals surface area (Å²) in [7, 11) is 0. The largest absolute Gasteiger partial charge is 0.393 e. The molecule has 0 aliphatic carbocycles. The van der Waals surface area contributed by atoms with Gasteiger partial charge >= 0.3 is 0 Å². The van der Waals surface area contributed by atoms with Crippen molar-refractivity contribution in [1.82, 2.24) is 0 Å². The van der Waals surface area contributed by atoms with Crippen molar-refractivity contribution in [2.45, 2.75) is 17.8 Å². The van der Waals surface area contributed by atoms with Gasteiger partial charge in [-0.05, 0) is 0 Å². The number of hydrogen-bond donors (Lipinski definition) is 4. The second-order valence-electron chi connectivity index (χ2n) is 2.74. The molecule has 0 bridgehead atoms. The van der Waals surface area contributed by atoms with E-state index in [-0.39, 0.29) is 6.61 Å². The highest BCUT2D eigenvalue weighted by Crippen LogP contribution is 2.25. The second-order valence-corrected chi connectivity index (χ2v) is 2.74. The molecule has 0 spiro atoms. The van der Waals surface area contributed by atoms with Gasteiger partial charge in [0, 0.05) is 0 Å². The monoisotopic (exact) mass is 177 g/mol. The third kappa shape index (κ3) is 1.09. The number of primary amides is 1. The quantitative estimate of drug-likeness (QED) is 0.358. The van der Waals surface area contributed by atoms with E-state index in [1.54, 1.807) is 0 Å². The molecule has 5 N–H and O–H groups in total. The Balaban J connectivity index is 2.88. The number of aliphatic hydroxyl groups excluding tert-OH is 3. The molecule has 6 nitrogen and oxygen atoms in total. The smallest absolute Gasteiger partial charge is 0.254 e. The van der Waals surface area contributed by atoms with E-state index in [1.807, 2.05) is 0 Å². The average molecular weight is 177 g/mol. The minimum Gasteiger partial charge on any atom is -0.393 e. The Morgan fingerprint density at radius 3 is 2.42 bits per heavy atom. The van der Waals surface area contributed by atoms with Crippen LogP contribution >= 0.6 is 0 Å². The number of carbonyl (C=O) groups is 1. The number of hydrogen-bond acceptors (Lipinski definition) is 5. The maximum Gasteiger partial charge on any atom is 0.254 e. The maximum absolute atomic E-state index is 10.8. The molecule has 0 saturated carbocycles. The lowest BCUT2D eigenvalue weighted by Gasteiger charge is -2.25. The van der Waals surface area contributed by atoms with Gasteiger partial charge in [0.25, 0.3) is 5.91 Å². The van der Waals surface area contributed by atoms with Crippen molar-refractivity contribution in [3.63, 3.8) is 0 Å². The van der Waals surface area contributed by atoms with Crippen LogP contribution in [0, 0.1) is 0 Å². The van der Waals surface area contributed by atoms with E-state index in [0.717, 1.165) is 0 Å². The number of ether oxygens (including phenoxy) is 1. The second kappa shape index (κ2) is 2.98. The fourth-order valence-corrected chi connectivity index (χ4v) is 1.16. The van der Waals surface area contributed by atoms with Crippen LogP contribution in [0.5, 0.6) is 0 Å². The van der Waals surface area contributed by atoms with Gasteiger partial charge < -0.3 is 25.8 Å². The van der Waals surface area contributed by atoms with Gasteiger partial charge in [-0.15, -0.1) is 0 Å². The predicted molar refractivity (Wildman–Crippen MR) is 37.0 cm³/mol. The van der Waals surface area contributed by atoms with Crippen molar-refractivity contribution < 1.29 is 24.9 Å². The Kier molecular flexibility index (Phi) is 2.34. The Morgan fingerprint density at radius 1 is 1.67 bits per heavy atom. The van der Waals surface area contributed by atoms with Crippen LogP contribution in [0.15, 0.2) is 0 Å². The molecular weight excluding hydrogens is 166 g/mol. The molecule has 0 radical (unpaired) electrons. The van der Waals surface area contributed by atoms with Gasteiger partial charge in [-0.3, -0.25) is 4.79 Å². The summed E-state index contributed by atoms with van der Waals surface area (Å²) in [6.45, 7) is -0.939. The molecule has 12 heavy (non-hydrogen) atoms. The molecule has 1 aliphatic rings. The highest BCUT2D eigenvalue weighted by molar-refractivity contribution is 5.85. The van der Waals surface area contributed by atoms with Gasteiger partial charge in [-0.25, -0.2) is 0 Å². The molecule has 1 aliphatic heterocycles. The zero-order valence-corrected chi connectivity index (χ0v) is 6.30. The van der Waals surface area contributed by atoms with Crippen molar-refractivity contribution in [2.75, 3.05) is 13.2 Å². The third-order valence-corrected chi connectivity index (χ3v) is 2.01. The first-order valence-corrected chi connectivity index (χ1v) is 3.45. The minimum absolute atomic E-state index is 0.204. The van der Waals surface area contributed by atoms with Crippen molar-refractivity contribution in [2.24, 2.45) is 5.73 Å². The van der Waals surface area contributed by atoms with Gasteiger partial charge in [0.1, 0.15) is 12.2 Å². The van der Waals surface area contributed by atoms with E-state index in [0.29, 0.717) is 0 Å². The standard InChI is InChI=1S/C6H11NO5/c7-5(11)6(2-8)4(10)3(9)1-12-6/h3-4,8-10H,1-2H2,(H2,7,11)/t3-,4-,6+/m0/s1. The molecule has 0 aromatic carbocycles. The van der Waals surface area contributed by atoms with Crippen molar-refractivity contribution >= 4 is 5.91 Å². The molecule has 1 fully saturated rings. The molecule has 0 aromatic heterocycles. The van der Waals surface area contributed by atoms with E-state index < -0.39 is 30.3 Å². The lowest BCUT2D eigenvalue weighted by Crippen LogP contribution is -2.55. The lowest BCUT2D eigenvalue weighted by atomic mass is 9.96. The van der Waals surface area contributed by atoms with Gasteiger partial charge in [0.15, 0.2) is 5.60 Å². The van der Waals surface area contributed by atoms with Crippen molar-refractivity contribution in [3.05, 3.63) is 0 Å². The highest BCUT2D eigenvalue weighted by Gasteiger charge is 2.53. The highest BCUT2D eigenvalue weighted by atomic mass is 16.6. The van der Waals surface area contributed by atoms with Crippen LogP contribution in [0.25, 0.3) is 0 Å². The normalized spacial score (nSPS) is 41.6. The first kappa shape index (κ1) is 9.40. The van der Waals surface area contributed by atoms with Crippen LogP contribution in [0.3, 0.4) is 0 Å². The zero-order valence-electron chi connectivity index (χ0n) is 6.30. The SMILES string of the molecule is NC(=O)[C@]1(CO)OC[C@H](O)[C@@H]1O. The summed E-state index contributed by atoms with van der Waals surface area (Å²) >= 11 is 0. The molecule has 1 rings (SSSR count). The topological polar surface area (TPSA) is 113 Å². The van der Waals surface area contributed by atoms with Crippen LogP contribution in [0.1, 0.15) is 0 Å². The van der Waals surface area contributed by atoms with Crippen molar-refractivity contribution in [3.8, 4) is 0 Å². The molecule has 0 unspecified atom stereocenters. The summed E-state index contributed by atoms with van der Waals surface area (Å²) in [4.78, 5) is 10.8. The fraction of sp³-hybridized carbons (Fsp3) is 0.833. The van der Waals surface area contributed by atoms with E-state index in [4.69, 9.17) is 20.7 Å². The maximum atomic E-state index is 10.8. The van der Waals surface area contributed by atoms with Gasteiger partial charge in [0.2, 0.25) is 0 Å². The molecule has 6 heteroatoms. The van der Waals surface area contributed by atoms with Crippen LogP contribution in [0.2, 0.25) is 0 Å². The molecule has 1 heterocycles. The average Bonchev–Trinajstić information content (AvgIpc) is 2.31. The number of amides is 1. The minimum atomic E-state index is -1.83. The summed E-state index contributed by atoms with van der Waals surface area (Å²) < 4.78 is 4.75. The predicted octanol–water partition coefficient (Wildman–Crippen LogP) is -3.05. The number of nitrogens with two attached hydrogens (primary N) is 1. The van der Waals surface area contributed by atoms with E-state index >= 15 is 0 Å². The molecule has 0 aromatic rings. The van der Waals surface area contributed by atoms with Crippen LogP contribution in [0.4, 0.5) is 0 Å². The Hall–Kier alpha value is -0.690. The van der Waals surface area contributed by atoms with E-state index in [9.17, 15) is 9.90 Å². The zero-order chi connectivity index (χ0) is 9.35. The molecular formula is C6H11NO5. The number of rotatable bonds is 2. The molecule has 1 amide bonds. The van der Waals surface area contributed by atoms with Gasteiger partial charge in [0.05, 0.1) is 13.2 Å². The Morgan fingerprint density at radius 2 is 2.25 bits per heavy atom. The summed E-state index contributed by atoms with van der Waals surface area (Å²) in [6, 6.07) is 0. The molecule has 70 valence electrons. The van der Waals surface area contributed by atoms with Gasteiger partial charge in [-0.1, -0.05) is 0 Å². The van der Waals surface area contributed by atoms with E-state index in [2.05, 4.69) is 0 Å².